The molecule has 4 rings (SSSR count). The highest BCUT2D eigenvalue weighted by Crippen LogP contribution is 2.25. The van der Waals surface area contributed by atoms with Crippen LogP contribution in [0.4, 0.5) is 0 Å². The van der Waals surface area contributed by atoms with Gasteiger partial charge in [0.05, 0.1) is 22.3 Å². The Morgan fingerprint density at radius 3 is 2.87 bits per heavy atom. The van der Waals surface area contributed by atoms with Crippen molar-refractivity contribution in [3.63, 3.8) is 0 Å². The number of nitrogens with one attached hydrogen (secondary N) is 1. The summed E-state index contributed by atoms with van der Waals surface area (Å²) in [7, 11) is 3.56. The number of rotatable bonds is 8. The predicted molar refractivity (Wildman–Crippen MR) is 119 cm³/mol. The second-order valence-electron chi connectivity index (χ2n) is 7.10. The Kier molecular flexibility index (Phi) is 6.09. The first-order valence-corrected chi connectivity index (χ1v) is 10.7. The summed E-state index contributed by atoms with van der Waals surface area (Å²) < 4.78 is 8.46. The van der Waals surface area contributed by atoms with Crippen molar-refractivity contribution >= 4 is 27.5 Å². The number of imidazole rings is 1. The Morgan fingerprint density at radius 2 is 2.10 bits per heavy atom. The Hall–Kier alpha value is -3.19. The molecule has 0 saturated heterocycles. The lowest BCUT2D eigenvalue weighted by atomic mass is 10.1. The number of hydrogen-bond acceptors (Lipinski definition) is 5. The Morgan fingerprint density at radius 1 is 1.23 bits per heavy atom. The summed E-state index contributed by atoms with van der Waals surface area (Å²) in [6, 6.07) is 15.5. The first kappa shape index (κ1) is 20.1. The molecular weight excluding hydrogens is 396 g/mol. The molecule has 0 spiro atoms. The van der Waals surface area contributed by atoms with Gasteiger partial charge in [-0.15, -0.1) is 11.3 Å². The van der Waals surface area contributed by atoms with E-state index >= 15 is 0 Å². The second kappa shape index (κ2) is 9.09. The van der Waals surface area contributed by atoms with E-state index in [1.165, 1.54) is 4.70 Å². The number of ether oxygens (including phenoxy) is 1. The van der Waals surface area contributed by atoms with Crippen LogP contribution >= 0.6 is 11.3 Å². The number of carbonyl (C=O) groups excluding carboxylic acids is 1. The molecule has 0 aliphatic carbocycles. The topological polar surface area (TPSA) is 69.0 Å². The molecule has 0 bridgehead atoms. The van der Waals surface area contributed by atoms with Crippen LogP contribution in [-0.4, -0.2) is 27.6 Å². The van der Waals surface area contributed by atoms with Crippen LogP contribution < -0.4 is 10.1 Å². The molecule has 0 saturated carbocycles. The zero-order chi connectivity index (χ0) is 20.9. The van der Waals surface area contributed by atoms with Crippen molar-refractivity contribution in [3.8, 4) is 5.75 Å². The Labute approximate surface area is 179 Å². The van der Waals surface area contributed by atoms with E-state index in [0.717, 1.165) is 40.5 Å². The summed E-state index contributed by atoms with van der Waals surface area (Å²) in [6.07, 6.45) is 5.58. The zero-order valence-electron chi connectivity index (χ0n) is 17.0. The molecule has 7 heteroatoms. The molecule has 1 amide bonds. The predicted octanol–water partition coefficient (Wildman–Crippen LogP) is 4.27. The number of hydrogen-bond donors (Lipinski definition) is 1. The normalized spacial score (nSPS) is 12.1. The highest BCUT2D eigenvalue weighted by Gasteiger charge is 2.21. The van der Waals surface area contributed by atoms with Gasteiger partial charge in [-0.25, -0.2) is 9.97 Å². The quantitative estimate of drug-likeness (QED) is 0.462. The van der Waals surface area contributed by atoms with E-state index in [4.69, 9.17) is 4.74 Å². The standard InChI is InChI=1S/C23H24N4O2S/c1-27-14-13-24-23(27)22(16-7-5-8-17(15-16)29-2)26-20(28)11-6-12-21-25-18-9-3-4-10-19(18)30-21/h3-5,7-10,13-15,22H,6,11-12H2,1-2H3,(H,26,28). The SMILES string of the molecule is COc1cccc(C(NC(=O)CCCc2nc3ccccc3s2)c2nccn2C)c1. The molecule has 1 atom stereocenters. The van der Waals surface area contributed by atoms with Crippen molar-refractivity contribution in [1.82, 2.24) is 19.9 Å². The van der Waals surface area contributed by atoms with Crippen LogP contribution in [0.3, 0.4) is 0 Å². The van der Waals surface area contributed by atoms with E-state index in [1.807, 2.05) is 60.3 Å². The van der Waals surface area contributed by atoms with E-state index < -0.39 is 0 Å². The van der Waals surface area contributed by atoms with Gasteiger partial charge < -0.3 is 14.6 Å². The van der Waals surface area contributed by atoms with Gasteiger partial charge in [0.2, 0.25) is 5.91 Å². The van der Waals surface area contributed by atoms with E-state index in [0.29, 0.717) is 6.42 Å². The number of aryl methyl sites for hydroxylation is 2. The summed E-state index contributed by atoms with van der Waals surface area (Å²) in [4.78, 5) is 21.9. The van der Waals surface area contributed by atoms with Crippen LogP contribution in [0.1, 0.15) is 35.3 Å². The van der Waals surface area contributed by atoms with Crippen molar-refractivity contribution in [1.29, 1.82) is 0 Å². The third-order valence-electron chi connectivity index (χ3n) is 4.98. The van der Waals surface area contributed by atoms with Gasteiger partial charge in [-0.1, -0.05) is 24.3 Å². The number of thiazole rings is 1. The molecule has 6 nitrogen and oxygen atoms in total. The third-order valence-corrected chi connectivity index (χ3v) is 6.08. The first-order valence-electron chi connectivity index (χ1n) is 9.89. The molecular formula is C23H24N4O2S. The maximum absolute atomic E-state index is 12.8. The smallest absolute Gasteiger partial charge is 0.220 e. The Balaban J connectivity index is 1.43. The van der Waals surface area contributed by atoms with Crippen LogP contribution in [0.2, 0.25) is 0 Å². The lowest BCUT2D eigenvalue weighted by Crippen LogP contribution is -2.31. The van der Waals surface area contributed by atoms with Gasteiger partial charge in [-0.2, -0.15) is 0 Å². The molecule has 0 aliphatic heterocycles. The van der Waals surface area contributed by atoms with Crippen molar-refractivity contribution in [2.45, 2.75) is 25.3 Å². The van der Waals surface area contributed by atoms with E-state index in [9.17, 15) is 4.79 Å². The summed E-state index contributed by atoms with van der Waals surface area (Å²) in [6.45, 7) is 0. The van der Waals surface area contributed by atoms with Crippen LogP contribution in [0.15, 0.2) is 60.9 Å². The minimum atomic E-state index is -0.338. The summed E-state index contributed by atoms with van der Waals surface area (Å²) in [5.41, 5.74) is 1.96. The van der Waals surface area contributed by atoms with Gasteiger partial charge in [-0.05, 0) is 42.7 Å². The number of benzene rings is 2. The summed E-state index contributed by atoms with van der Waals surface area (Å²) >= 11 is 1.69. The fraction of sp³-hybridized carbons (Fsp3) is 0.261. The van der Waals surface area contributed by atoms with Gasteiger partial charge in [0.1, 0.15) is 17.6 Å². The van der Waals surface area contributed by atoms with Crippen LogP contribution in [0, 0.1) is 0 Å². The highest BCUT2D eigenvalue weighted by molar-refractivity contribution is 7.18. The van der Waals surface area contributed by atoms with Crippen molar-refractivity contribution in [2.75, 3.05) is 7.11 Å². The maximum atomic E-state index is 12.8. The molecule has 1 N–H and O–H groups in total. The molecule has 2 aromatic carbocycles. The van der Waals surface area contributed by atoms with Gasteiger partial charge in [0.25, 0.3) is 0 Å². The maximum Gasteiger partial charge on any atom is 0.220 e. The number of amides is 1. The lowest BCUT2D eigenvalue weighted by molar-refractivity contribution is -0.121. The number of methoxy groups -OCH3 is 1. The van der Waals surface area contributed by atoms with E-state index in [1.54, 1.807) is 24.6 Å². The summed E-state index contributed by atoms with van der Waals surface area (Å²) in [5, 5.41) is 4.21. The second-order valence-corrected chi connectivity index (χ2v) is 8.22. The fourth-order valence-corrected chi connectivity index (χ4v) is 4.44. The fourth-order valence-electron chi connectivity index (χ4n) is 3.43. The first-order chi connectivity index (χ1) is 14.6. The highest BCUT2D eigenvalue weighted by atomic mass is 32.1. The molecule has 30 heavy (non-hydrogen) atoms. The molecule has 1 unspecified atom stereocenters. The monoisotopic (exact) mass is 420 g/mol. The molecule has 0 aliphatic rings. The minimum absolute atomic E-state index is 0.00747. The molecule has 2 heterocycles. The van der Waals surface area contributed by atoms with Crippen LogP contribution in [0.5, 0.6) is 5.75 Å². The van der Waals surface area contributed by atoms with Crippen molar-refractivity contribution in [3.05, 3.63) is 77.3 Å². The summed E-state index contributed by atoms with van der Waals surface area (Å²) in [5.74, 6) is 1.52. The number of nitrogens with zero attached hydrogens (tertiary/aromatic N) is 3. The largest absolute Gasteiger partial charge is 0.497 e. The lowest BCUT2D eigenvalue weighted by Gasteiger charge is -2.19. The van der Waals surface area contributed by atoms with E-state index in [2.05, 4.69) is 21.4 Å². The Bertz CT molecular complexity index is 1120. The van der Waals surface area contributed by atoms with Gasteiger partial charge in [-0.3, -0.25) is 4.79 Å². The molecule has 4 aromatic rings. The van der Waals surface area contributed by atoms with Crippen molar-refractivity contribution in [2.24, 2.45) is 7.05 Å². The van der Waals surface area contributed by atoms with Gasteiger partial charge in [0, 0.05) is 25.9 Å². The third kappa shape index (κ3) is 4.52. The average Bonchev–Trinajstić information content (AvgIpc) is 3.37. The average molecular weight is 421 g/mol. The molecule has 0 fully saturated rings. The molecule has 154 valence electrons. The molecule has 0 radical (unpaired) electrons. The van der Waals surface area contributed by atoms with Gasteiger partial charge in [0.15, 0.2) is 0 Å². The number of fused-ring (bicyclic) bond motifs is 1. The van der Waals surface area contributed by atoms with E-state index in [-0.39, 0.29) is 11.9 Å². The number of carbonyl (C=O) groups is 1. The van der Waals surface area contributed by atoms with Crippen LogP contribution in [0.25, 0.3) is 10.2 Å². The van der Waals surface area contributed by atoms with Gasteiger partial charge >= 0.3 is 0 Å². The minimum Gasteiger partial charge on any atom is -0.497 e. The number of aromatic nitrogens is 3. The van der Waals surface area contributed by atoms with Crippen molar-refractivity contribution < 1.29 is 9.53 Å². The molecule has 2 aromatic heterocycles. The zero-order valence-corrected chi connectivity index (χ0v) is 17.9. The number of para-hydroxylation sites is 1. The van der Waals surface area contributed by atoms with Crippen LogP contribution in [-0.2, 0) is 18.3 Å².